The van der Waals surface area contributed by atoms with E-state index in [1.54, 1.807) is 25.6 Å². The number of rotatable bonds is 5. The van der Waals surface area contributed by atoms with Crippen LogP contribution in [0.2, 0.25) is 10.0 Å². The Labute approximate surface area is 157 Å². The number of halogens is 2. The zero-order chi connectivity index (χ0) is 18.0. The average molecular weight is 376 g/mol. The molecular weight excluding hydrogens is 357 g/mol. The predicted molar refractivity (Wildman–Crippen MR) is 102 cm³/mol. The molecule has 0 bridgehead atoms. The van der Waals surface area contributed by atoms with Crippen LogP contribution in [-0.2, 0) is 6.54 Å². The summed E-state index contributed by atoms with van der Waals surface area (Å²) < 4.78 is 7.33. The molecular formula is C19H19Cl2N3O. The molecule has 0 aliphatic heterocycles. The number of nitrogens with zero attached hydrogens (tertiary/aromatic N) is 2. The predicted octanol–water partition coefficient (Wildman–Crippen LogP) is 4.93. The highest BCUT2D eigenvalue weighted by Crippen LogP contribution is 2.33. The second-order valence-electron chi connectivity index (χ2n) is 5.87. The van der Waals surface area contributed by atoms with Crippen LogP contribution in [0.15, 0.2) is 48.8 Å². The monoisotopic (exact) mass is 375 g/mol. The van der Waals surface area contributed by atoms with Gasteiger partial charge >= 0.3 is 0 Å². The first kappa shape index (κ1) is 17.8. The van der Waals surface area contributed by atoms with E-state index >= 15 is 0 Å². The van der Waals surface area contributed by atoms with E-state index in [1.165, 1.54) is 0 Å². The maximum absolute atomic E-state index is 6.36. The van der Waals surface area contributed by atoms with Gasteiger partial charge in [0.1, 0.15) is 5.75 Å². The summed E-state index contributed by atoms with van der Waals surface area (Å²) in [5, 5.41) is 1.15. The molecule has 6 heteroatoms. The minimum absolute atomic E-state index is 0.199. The SMILES string of the molecule is COc1cccc(Cn2cnc(-c3ccc(Cl)cc3Cl)c2C(C)N)c1. The molecule has 1 atom stereocenters. The Balaban J connectivity index is 2.02. The Bertz CT molecular complexity index is 890. The molecule has 0 aliphatic carbocycles. The zero-order valence-corrected chi connectivity index (χ0v) is 15.6. The molecule has 0 saturated heterocycles. The topological polar surface area (TPSA) is 53.1 Å². The first-order valence-electron chi connectivity index (χ1n) is 7.88. The molecule has 3 rings (SSSR count). The maximum Gasteiger partial charge on any atom is 0.119 e. The van der Waals surface area contributed by atoms with E-state index in [2.05, 4.69) is 4.98 Å². The van der Waals surface area contributed by atoms with E-state index in [-0.39, 0.29) is 6.04 Å². The van der Waals surface area contributed by atoms with Gasteiger partial charge in [0, 0.05) is 23.2 Å². The van der Waals surface area contributed by atoms with E-state index in [9.17, 15) is 0 Å². The number of nitrogens with two attached hydrogens (primary N) is 1. The molecule has 130 valence electrons. The van der Waals surface area contributed by atoms with Crippen LogP contribution in [0, 0.1) is 0 Å². The molecule has 0 aliphatic rings. The number of hydrogen-bond acceptors (Lipinski definition) is 3. The van der Waals surface area contributed by atoms with Gasteiger partial charge in [0.25, 0.3) is 0 Å². The van der Waals surface area contributed by atoms with Gasteiger partial charge in [-0.3, -0.25) is 0 Å². The van der Waals surface area contributed by atoms with Crippen molar-refractivity contribution in [2.75, 3.05) is 7.11 Å². The number of ether oxygens (including phenoxy) is 1. The molecule has 1 unspecified atom stereocenters. The van der Waals surface area contributed by atoms with Crippen molar-refractivity contribution in [1.82, 2.24) is 9.55 Å². The Morgan fingerprint density at radius 3 is 2.68 bits per heavy atom. The summed E-state index contributed by atoms with van der Waals surface area (Å²) >= 11 is 12.4. The fourth-order valence-corrected chi connectivity index (χ4v) is 3.35. The lowest BCUT2D eigenvalue weighted by atomic mass is 10.1. The molecule has 0 fully saturated rings. The Morgan fingerprint density at radius 1 is 1.20 bits per heavy atom. The quantitative estimate of drug-likeness (QED) is 0.687. The first-order valence-corrected chi connectivity index (χ1v) is 8.64. The summed E-state index contributed by atoms with van der Waals surface area (Å²) in [5.41, 5.74) is 9.86. The smallest absolute Gasteiger partial charge is 0.119 e. The van der Waals surface area contributed by atoms with E-state index < -0.39 is 0 Å². The molecule has 3 aromatic rings. The summed E-state index contributed by atoms with van der Waals surface area (Å²) in [6, 6.07) is 13.1. The number of imidazole rings is 1. The molecule has 4 nitrogen and oxygen atoms in total. The molecule has 0 saturated carbocycles. The van der Waals surface area contributed by atoms with Crippen LogP contribution in [0.3, 0.4) is 0 Å². The highest BCUT2D eigenvalue weighted by molar-refractivity contribution is 6.36. The molecule has 2 N–H and O–H groups in total. The van der Waals surface area contributed by atoms with Gasteiger partial charge in [-0.05, 0) is 42.8 Å². The van der Waals surface area contributed by atoms with Crippen LogP contribution < -0.4 is 10.5 Å². The van der Waals surface area contributed by atoms with Gasteiger partial charge in [-0.2, -0.15) is 0 Å². The van der Waals surface area contributed by atoms with Crippen LogP contribution in [-0.4, -0.2) is 16.7 Å². The summed E-state index contributed by atoms with van der Waals surface area (Å²) in [5.74, 6) is 0.820. The van der Waals surface area contributed by atoms with Crippen LogP contribution in [0.1, 0.15) is 24.2 Å². The van der Waals surface area contributed by atoms with Crippen molar-refractivity contribution < 1.29 is 4.74 Å². The molecule has 2 aromatic carbocycles. The normalized spacial score (nSPS) is 12.2. The van der Waals surface area contributed by atoms with E-state index in [0.29, 0.717) is 16.6 Å². The second-order valence-corrected chi connectivity index (χ2v) is 6.71. The van der Waals surface area contributed by atoms with Gasteiger partial charge in [-0.25, -0.2) is 4.98 Å². The summed E-state index contributed by atoms with van der Waals surface area (Å²) in [6.45, 7) is 2.58. The van der Waals surface area contributed by atoms with E-state index in [1.807, 2.05) is 41.8 Å². The van der Waals surface area contributed by atoms with Crippen LogP contribution in [0.25, 0.3) is 11.3 Å². The maximum atomic E-state index is 6.36. The van der Waals surface area contributed by atoms with Crippen molar-refractivity contribution in [3.8, 4) is 17.0 Å². The molecule has 0 radical (unpaired) electrons. The zero-order valence-electron chi connectivity index (χ0n) is 14.0. The highest BCUT2D eigenvalue weighted by atomic mass is 35.5. The summed E-state index contributed by atoms with van der Waals surface area (Å²) in [6.07, 6.45) is 1.79. The van der Waals surface area contributed by atoms with Crippen molar-refractivity contribution >= 4 is 23.2 Å². The van der Waals surface area contributed by atoms with Gasteiger partial charge in [-0.1, -0.05) is 35.3 Å². The molecule has 25 heavy (non-hydrogen) atoms. The van der Waals surface area contributed by atoms with Crippen LogP contribution >= 0.6 is 23.2 Å². The first-order chi connectivity index (χ1) is 12.0. The standard InChI is InChI=1S/C19H19Cl2N3O/c1-12(22)19-18(16-7-6-14(20)9-17(16)21)23-11-24(19)10-13-4-3-5-15(8-13)25-2/h3-9,11-12H,10,22H2,1-2H3. The number of methoxy groups -OCH3 is 1. The average Bonchev–Trinajstić information content (AvgIpc) is 2.98. The Morgan fingerprint density at radius 2 is 2.00 bits per heavy atom. The minimum Gasteiger partial charge on any atom is -0.497 e. The lowest BCUT2D eigenvalue weighted by molar-refractivity contribution is 0.414. The fraction of sp³-hybridized carbons (Fsp3) is 0.211. The lowest BCUT2D eigenvalue weighted by Gasteiger charge is -2.14. The van der Waals surface area contributed by atoms with Gasteiger partial charge in [-0.15, -0.1) is 0 Å². The van der Waals surface area contributed by atoms with Gasteiger partial charge < -0.3 is 15.0 Å². The summed E-state index contributed by atoms with van der Waals surface area (Å²) in [7, 11) is 1.66. The number of benzene rings is 2. The number of aromatic nitrogens is 2. The Kier molecular flexibility index (Phi) is 5.33. The van der Waals surface area contributed by atoms with Gasteiger partial charge in [0.05, 0.1) is 29.8 Å². The van der Waals surface area contributed by atoms with Gasteiger partial charge in [0.2, 0.25) is 0 Å². The highest BCUT2D eigenvalue weighted by Gasteiger charge is 2.18. The van der Waals surface area contributed by atoms with E-state index in [4.69, 9.17) is 33.7 Å². The third kappa shape index (κ3) is 3.82. The van der Waals surface area contributed by atoms with Crippen molar-refractivity contribution in [3.05, 3.63) is 70.1 Å². The minimum atomic E-state index is -0.199. The van der Waals surface area contributed by atoms with E-state index in [0.717, 1.165) is 28.3 Å². The van der Waals surface area contributed by atoms with Crippen molar-refractivity contribution in [2.24, 2.45) is 5.73 Å². The van der Waals surface area contributed by atoms with Gasteiger partial charge in [0.15, 0.2) is 0 Å². The third-order valence-electron chi connectivity index (χ3n) is 3.98. The van der Waals surface area contributed by atoms with Crippen molar-refractivity contribution in [1.29, 1.82) is 0 Å². The third-order valence-corrected chi connectivity index (χ3v) is 4.53. The fourth-order valence-electron chi connectivity index (χ4n) is 2.85. The van der Waals surface area contributed by atoms with Crippen LogP contribution in [0.4, 0.5) is 0 Å². The molecule has 0 amide bonds. The second kappa shape index (κ2) is 7.48. The van der Waals surface area contributed by atoms with Crippen molar-refractivity contribution in [2.45, 2.75) is 19.5 Å². The van der Waals surface area contributed by atoms with Crippen molar-refractivity contribution in [3.63, 3.8) is 0 Å². The lowest BCUT2D eigenvalue weighted by Crippen LogP contribution is -2.13. The summed E-state index contributed by atoms with van der Waals surface area (Å²) in [4.78, 5) is 4.56. The Hall–Kier alpha value is -2.01. The molecule has 0 spiro atoms. The molecule has 1 aromatic heterocycles. The van der Waals surface area contributed by atoms with Crippen LogP contribution in [0.5, 0.6) is 5.75 Å². The largest absolute Gasteiger partial charge is 0.497 e. The molecule has 1 heterocycles. The number of hydrogen-bond donors (Lipinski definition) is 1.